The van der Waals surface area contributed by atoms with Crippen molar-refractivity contribution in [2.45, 2.75) is 48.0 Å². The second kappa shape index (κ2) is 15.3. The summed E-state index contributed by atoms with van der Waals surface area (Å²) in [6.45, 7) is -4.65. The van der Waals surface area contributed by atoms with Crippen LogP contribution >= 0.6 is 11.8 Å². The Labute approximate surface area is 288 Å². The number of benzene rings is 2. The Bertz CT molecular complexity index is 2190. The zero-order chi connectivity index (χ0) is 38.8. The molecule has 1 unspecified atom stereocenters. The van der Waals surface area contributed by atoms with Crippen LogP contribution in [-0.4, -0.2) is 59.6 Å². The van der Waals surface area contributed by atoms with Crippen LogP contribution in [0.1, 0.15) is 28.0 Å². The Hall–Kier alpha value is -4.64. The lowest BCUT2D eigenvalue weighted by atomic mass is 10.2. The van der Waals surface area contributed by atoms with Gasteiger partial charge in [-0.15, -0.1) is 0 Å². The number of halogens is 6. The molecule has 258 valence electrons. The molecule has 2 N–H and O–H groups in total. The minimum atomic E-state index is -5.19. The number of hydrogen-bond donors (Lipinski definition) is 2. The highest BCUT2D eigenvalue weighted by molar-refractivity contribution is 7.98. The number of imidazole rings is 2. The molecule has 0 aliphatic rings. The summed E-state index contributed by atoms with van der Waals surface area (Å²) < 4.78 is 126. The van der Waals surface area contributed by atoms with Crippen molar-refractivity contribution in [3.8, 4) is 11.5 Å². The first-order chi connectivity index (χ1) is 24.8. The molecule has 0 aliphatic carbocycles. The zero-order valence-electron chi connectivity index (χ0n) is 29.4. The molecule has 2 aromatic carbocycles. The van der Waals surface area contributed by atoms with Gasteiger partial charge in [0.15, 0.2) is 23.4 Å². The first-order valence-corrected chi connectivity index (χ1v) is 16.4. The quantitative estimate of drug-likeness (QED) is 0.108. The van der Waals surface area contributed by atoms with Crippen LogP contribution in [0.5, 0.6) is 11.5 Å². The molecule has 0 bridgehead atoms. The number of pyridine rings is 2. The van der Waals surface area contributed by atoms with Gasteiger partial charge in [-0.25, -0.2) is 9.97 Å². The van der Waals surface area contributed by atoms with E-state index in [9.17, 15) is 30.6 Å². The van der Waals surface area contributed by atoms with E-state index in [-0.39, 0.29) is 33.7 Å². The fraction of sp³-hybridized carbons (Fsp3) is 0.250. The number of alkyl halides is 6. The molecular weight excluding hydrogens is 695 g/mol. The SMILES string of the molecule is [2H]C([2H])(Oc1ccnc(CS(=O)c2nc3ccccc3[nH]2)c1C)C(F)(F)F.[2H]C([2H])(Oc1ccnc(CSc2nc3ccccc3[nH]2)c1C)C(F)(F)F. The van der Waals surface area contributed by atoms with Crippen LogP contribution in [0.15, 0.2) is 83.4 Å². The van der Waals surface area contributed by atoms with Gasteiger partial charge in [-0.2, -0.15) is 26.3 Å². The van der Waals surface area contributed by atoms with Gasteiger partial charge in [-0.1, -0.05) is 36.0 Å². The van der Waals surface area contributed by atoms with Gasteiger partial charge in [0.1, 0.15) is 11.5 Å². The third-order valence-corrected chi connectivity index (χ3v) is 8.68. The molecule has 49 heavy (non-hydrogen) atoms. The fourth-order valence-corrected chi connectivity index (χ4v) is 6.23. The Balaban J connectivity index is 0.000000204. The van der Waals surface area contributed by atoms with Crippen molar-refractivity contribution in [1.82, 2.24) is 29.9 Å². The van der Waals surface area contributed by atoms with Crippen LogP contribution in [0.4, 0.5) is 26.3 Å². The van der Waals surface area contributed by atoms with Crippen LogP contribution in [0.2, 0.25) is 0 Å². The van der Waals surface area contributed by atoms with Crippen LogP contribution in [0.3, 0.4) is 0 Å². The average Bonchev–Trinajstić information content (AvgIpc) is 3.70. The molecular formula is C32H28F6N6O3S2. The van der Waals surface area contributed by atoms with Crippen LogP contribution in [0.25, 0.3) is 22.1 Å². The number of nitrogens with one attached hydrogen (secondary N) is 2. The molecule has 0 amide bonds. The van der Waals surface area contributed by atoms with Crippen LogP contribution < -0.4 is 9.47 Å². The predicted octanol–water partition coefficient (Wildman–Crippen LogP) is 8.01. The molecule has 4 heterocycles. The summed E-state index contributed by atoms with van der Waals surface area (Å²) in [5, 5.41) is 0.874. The maximum atomic E-state index is 12.7. The standard InChI is InChI=1S/C16H14F3N3O2S.C16H14F3N3OS/c1-10-13(20-7-6-14(10)24-9-16(17,18)19)8-25(23)15-21-11-4-2-3-5-12(11)22-15;1-10-13(20-7-6-14(10)23-9-16(17,18)19)8-24-15-21-11-4-2-3-5-12(11)22-15/h2-7H,8-9H2,1H3,(H,21,22);2-7H,8-9H2,1H3,(H,21,22)/i2*9D2. The summed E-state index contributed by atoms with van der Waals surface area (Å²) in [4.78, 5) is 22.9. The van der Waals surface area contributed by atoms with E-state index in [1.165, 1.54) is 37.1 Å². The zero-order valence-corrected chi connectivity index (χ0v) is 27.1. The Morgan fingerprint density at radius 1 is 0.755 bits per heavy atom. The Morgan fingerprint density at radius 3 is 1.82 bits per heavy atom. The molecule has 6 rings (SSSR count). The third kappa shape index (κ3) is 9.95. The normalized spacial score (nSPS) is 14.3. The highest BCUT2D eigenvalue weighted by Crippen LogP contribution is 2.28. The first kappa shape index (κ1) is 30.4. The third-order valence-electron chi connectivity index (χ3n) is 6.64. The summed E-state index contributed by atoms with van der Waals surface area (Å²) in [6.07, 6.45) is -7.85. The van der Waals surface area contributed by atoms with E-state index in [0.29, 0.717) is 33.2 Å². The van der Waals surface area contributed by atoms with Gasteiger partial charge in [0.2, 0.25) is 0 Å². The van der Waals surface area contributed by atoms with Crippen molar-refractivity contribution in [2.24, 2.45) is 0 Å². The second-order valence-electron chi connectivity index (χ2n) is 10.1. The van der Waals surface area contributed by atoms with Crippen molar-refractivity contribution in [3.63, 3.8) is 0 Å². The van der Waals surface area contributed by atoms with Gasteiger partial charge < -0.3 is 19.4 Å². The molecule has 0 saturated carbocycles. The molecule has 1 atom stereocenters. The Kier molecular flexibility index (Phi) is 9.49. The van der Waals surface area contributed by atoms with E-state index in [2.05, 4.69) is 39.4 Å². The van der Waals surface area contributed by atoms with Gasteiger partial charge in [0.05, 0.1) is 55.5 Å². The number of aromatic amines is 2. The van der Waals surface area contributed by atoms with E-state index in [1.54, 1.807) is 31.2 Å². The number of ether oxygens (including phenoxy) is 2. The largest absolute Gasteiger partial charge is 0.484 e. The summed E-state index contributed by atoms with van der Waals surface area (Å²) in [5.74, 6) is -0.276. The lowest BCUT2D eigenvalue weighted by molar-refractivity contribution is -0.154. The number of hydrogen-bond acceptors (Lipinski definition) is 8. The van der Waals surface area contributed by atoms with Crippen LogP contribution in [-0.2, 0) is 22.3 Å². The minimum absolute atomic E-state index is 0.113. The number of para-hydroxylation sites is 4. The maximum Gasteiger partial charge on any atom is 0.422 e. The highest BCUT2D eigenvalue weighted by atomic mass is 32.2. The van der Waals surface area contributed by atoms with Crippen molar-refractivity contribution < 1.29 is 45.5 Å². The topological polar surface area (TPSA) is 119 Å². The van der Waals surface area contributed by atoms with E-state index < -0.39 is 36.3 Å². The number of aromatic nitrogens is 6. The molecule has 17 heteroatoms. The monoisotopic (exact) mass is 726 g/mol. The van der Waals surface area contributed by atoms with Gasteiger partial charge in [0.25, 0.3) is 0 Å². The van der Waals surface area contributed by atoms with E-state index in [4.69, 9.17) is 5.48 Å². The molecule has 0 aliphatic heterocycles. The number of nitrogens with zero attached hydrogens (tertiary/aromatic N) is 4. The van der Waals surface area contributed by atoms with Gasteiger partial charge in [0, 0.05) is 29.3 Å². The van der Waals surface area contributed by atoms with Gasteiger partial charge in [-0.05, 0) is 50.2 Å². The number of H-pyrrole nitrogens is 2. The summed E-state index contributed by atoms with van der Waals surface area (Å²) in [5.41, 5.74) is 4.29. The molecule has 9 nitrogen and oxygen atoms in total. The van der Waals surface area contributed by atoms with E-state index in [0.717, 1.165) is 17.1 Å². The fourth-order valence-electron chi connectivity index (χ4n) is 4.22. The Morgan fingerprint density at radius 2 is 1.27 bits per heavy atom. The molecule has 0 radical (unpaired) electrons. The van der Waals surface area contributed by atoms with E-state index in [1.807, 2.05) is 24.3 Å². The first-order valence-electron chi connectivity index (χ1n) is 16.1. The second-order valence-corrected chi connectivity index (χ2v) is 12.4. The summed E-state index contributed by atoms with van der Waals surface area (Å²) in [6, 6.07) is 17.0. The number of rotatable bonds is 10. The lowest BCUT2D eigenvalue weighted by Gasteiger charge is -2.13. The number of fused-ring (bicyclic) bond motifs is 2. The van der Waals surface area contributed by atoms with Crippen molar-refractivity contribution >= 4 is 44.6 Å². The maximum absolute atomic E-state index is 12.7. The van der Waals surface area contributed by atoms with E-state index >= 15 is 0 Å². The van der Waals surface area contributed by atoms with Crippen molar-refractivity contribution in [3.05, 3.63) is 95.6 Å². The molecule has 6 aromatic rings. The van der Waals surface area contributed by atoms with Crippen molar-refractivity contribution in [2.75, 3.05) is 13.1 Å². The van der Waals surface area contributed by atoms with Gasteiger partial charge in [-0.3, -0.25) is 14.2 Å². The molecule has 0 spiro atoms. The summed E-state index contributed by atoms with van der Waals surface area (Å²) >= 11 is 1.34. The molecule has 4 aromatic heterocycles. The van der Waals surface area contributed by atoms with Crippen LogP contribution in [0, 0.1) is 13.8 Å². The smallest absolute Gasteiger partial charge is 0.422 e. The molecule has 0 saturated heterocycles. The highest BCUT2D eigenvalue weighted by Gasteiger charge is 2.29. The average molecular weight is 727 g/mol. The minimum Gasteiger partial charge on any atom is -0.484 e. The summed E-state index contributed by atoms with van der Waals surface area (Å²) in [7, 11) is -1.63. The number of thioether (sulfide) groups is 1. The van der Waals surface area contributed by atoms with Gasteiger partial charge >= 0.3 is 12.4 Å². The lowest BCUT2D eigenvalue weighted by Crippen LogP contribution is -2.19. The van der Waals surface area contributed by atoms with Crippen molar-refractivity contribution in [1.29, 1.82) is 0 Å². The predicted molar refractivity (Wildman–Crippen MR) is 173 cm³/mol. The molecule has 0 fully saturated rings.